The second kappa shape index (κ2) is 3.69. The first kappa shape index (κ1) is 9.90. The predicted octanol–water partition coefficient (Wildman–Crippen LogP) is 2.42. The highest BCUT2D eigenvalue weighted by molar-refractivity contribution is 4.82. The van der Waals surface area contributed by atoms with Gasteiger partial charge in [0.05, 0.1) is 6.54 Å². The Labute approximate surface area is 72.5 Å². The molecule has 1 N–H and O–H groups in total. The highest BCUT2D eigenvalue weighted by Crippen LogP contribution is 2.26. The largest absolute Gasteiger partial charge is 0.308 e. The summed E-state index contributed by atoms with van der Waals surface area (Å²) in [6.45, 7) is 4.10. The lowest BCUT2D eigenvalue weighted by Gasteiger charge is -2.30. The van der Waals surface area contributed by atoms with E-state index in [1.807, 2.05) is 0 Å². The third kappa shape index (κ3) is 3.05. The lowest BCUT2D eigenvalue weighted by atomic mass is 9.95. The number of hydrogen-bond acceptors (Lipinski definition) is 1. The van der Waals surface area contributed by atoms with Crippen molar-refractivity contribution in [3.63, 3.8) is 0 Å². The molecule has 0 saturated carbocycles. The molecule has 3 heteroatoms. The molecule has 0 aromatic carbocycles. The monoisotopic (exact) mass is 177 g/mol. The predicted molar refractivity (Wildman–Crippen MR) is 45.4 cm³/mol. The van der Waals surface area contributed by atoms with Crippen molar-refractivity contribution in [2.45, 2.75) is 45.1 Å². The van der Waals surface area contributed by atoms with E-state index >= 15 is 0 Å². The Bertz CT molecular complexity index is 135. The molecule has 0 aromatic rings. The van der Waals surface area contributed by atoms with Gasteiger partial charge in [-0.15, -0.1) is 0 Å². The minimum Gasteiger partial charge on any atom is -0.308 e. The standard InChI is InChI=1S/C9H17F2N/c1-7(2)5-8-3-4-9(10,11)6-12-8/h7-8,12H,3-6H2,1-2H3. The van der Waals surface area contributed by atoms with Crippen LogP contribution in [0.15, 0.2) is 0 Å². The Morgan fingerprint density at radius 1 is 1.50 bits per heavy atom. The van der Waals surface area contributed by atoms with Crippen LogP contribution >= 0.6 is 0 Å². The summed E-state index contributed by atoms with van der Waals surface area (Å²) in [5.74, 6) is -1.87. The van der Waals surface area contributed by atoms with Crippen molar-refractivity contribution in [1.29, 1.82) is 0 Å². The zero-order valence-electron chi connectivity index (χ0n) is 7.74. The maximum atomic E-state index is 12.7. The molecule has 1 unspecified atom stereocenters. The quantitative estimate of drug-likeness (QED) is 0.683. The van der Waals surface area contributed by atoms with E-state index in [4.69, 9.17) is 0 Å². The Morgan fingerprint density at radius 2 is 2.17 bits per heavy atom. The second-order valence-electron chi connectivity index (χ2n) is 4.10. The molecular weight excluding hydrogens is 160 g/mol. The molecule has 1 heterocycles. The molecule has 1 aliphatic rings. The average Bonchev–Trinajstić information content (AvgIpc) is 1.93. The highest BCUT2D eigenvalue weighted by Gasteiger charge is 2.34. The van der Waals surface area contributed by atoms with Crippen LogP contribution in [-0.4, -0.2) is 18.5 Å². The van der Waals surface area contributed by atoms with Crippen LogP contribution in [0.3, 0.4) is 0 Å². The Kier molecular flexibility index (Phi) is 3.04. The van der Waals surface area contributed by atoms with Crippen molar-refractivity contribution >= 4 is 0 Å². The van der Waals surface area contributed by atoms with Gasteiger partial charge in [-0.25, -0.2) is 8.78 Å². The highest BCUT2D eigenvalue weighted by atomic mass is 19.3. The van der Waals surface area contributed by atoms with E-state index in [2.05, 4.69) is 19.2 Å². The van der Waals surface area contributed by atoms with E-state index in [1.165, 1.54) is 0 Å². The maximum absolute atomic E-state index is 12.7. The molecule has 72 valence electrons. The van der Waals surface area contributed by atoms with Crippen molar-refractivity contribution < 1.29 is 8.78 Å². The number of alkyl halides is 2. The summed E-state index contributed by atoms with van der Waals surface area (Å²) >= 11 is 0. The van der Waals surface area contributed by atoms with Gasteiger partial charge in [0, 0.05) is 12.5 Å². The zero-order valence-corrected chi connectivity index (χ0v) is 7.74. The van der Waals surface area contributed by atoms with Gasteiger partial charge in [0.2, 0.25) is 0 Å². The summed E-state index contributed by atoms with van der Waals surface area (Å²) in [4.78, 5) is 0. The third-order valence-corrected chi connectivity index (χ3v) is 2.26. The molecule has 1 aliphatic heterocycles. The number of piperidine rings is 1. The first-order chi connectivity index (χ1) is 5.49. The molecule has 12 heavy (non-hydrogen) atoms. The van der Waals surface area contributed by atoms with Crippen LogP contribution < -0.4 is 5.32 Å². The molecular formula is C9H17F2N. The first-order valence-corrected chi connectivity index (χ1v) is 4.61. The fourth-order valence-corrected chi connectivity index (χ4v) is 1.64. The van der Waals surface area contributed by atoms with Gasteiger partial charge in [0.25, 0.3) is 5.92 Å². The molecule has 0 aliphatic carbocycles. The molecule has 0 amide bonds. The summed E-state index contributed by atoms with van der Waals surface area (Å²) in [5.41, 5.74) is 0. The van der Waals surface area contributed by atoms with Crippen molar-refractivity contribution in [1.82, 2.24) is 5.32 Å². The van der Waals surface area contributed by atoms with Gasteiger partial charge in [-0.1, -0.05) is 13.8 Å². The van der Waals surface area contributed by atoms with E-state index in [0.717, 1.165) is 6.42 Å². The molecule has 1 atom stereocenters. The first-order valence-electron chi connectivity index (χ1n) is 4.61. The van der Waals surface area contributed by atoms with Crippen LogP contribution in [0.2, 0.25) is 0 Å². The molecule has 0 aromatic heterocycles. The molecule has 0 bridgehead atoms. The smallest absolute Gasteiger partial charge is 0.260 e. The average molecular weight is 177 g/mol. The van der Waals surface area contributed by atoms with Crippen molar-refractivity contribution in [2.24, 2.45) is 5.92 Å². The third-order valence-electron chi connectivity index (χ3n) is 2.26. The minimum atomic E-state index is -2.46. The maximum Gasteiger partial charge on any atom is 0.260 e. The number of rotatable bonds is 2. The van der Waals surface area contributed by atoms with E-state index in [-0.39, 0.29) is 13.0 Å². The van der Waals surface area contributed by atoms with Crippen molar-refractivity contribution in [3.8, 4) is 0 Å². The van der Waals surface area contributed by atoms with Gasteiger partial charge in [0.15, 0.2) is 0 Å². The molecule has 1 fully saturated rings. The van der Waals surface area contributed by atoms with E-state index in [9.17, 15) is 8.78 Å². The number of hydrogen-bond donors (Lipinski definition) is 1. The summed E-state index contributed by atoms with van der Waals surface area (Å²) in [7, 11) is 0. The SMILES string of the molecule is CC(C)CC1CCC(F)(F)CN1. The fraction of sp³-hybridized carbons (Fsp3) is 1.00. The Hall–Kier alpha value is -0.180. The molecule has 1 rings (SSSR count). The van der Waals surface area contributed by atoms with Gasteiger partial charge in [0.1, 0.15) is 0 Å². The topological polar surface area (TPSA) is 12.0 Å². The molecule has 1 nitrogen and oxygen atoms in total. The van der Waals surface area contributed by atoms with Crippen LogP contribution in [0, 0.1) is 5.92 Å². The van der Waals surface area contributed by atoms with Crippen LogP contribution in [0.5, 0.6) is 0 Å². The normalized spacial score (nSPS) is 29.2. The molecule has 0 spiro atoms. The lowest BCUT2D eigenvalue weighted by molar-refractivity contribution is -0.0315. The van der Waals surface area contributed by atoms with Crippen molar-refractivity contribution in [2.75, 3.05) is 6.54 Å². The minimum absolute atomic E-state index is 0.0530. The lowest BCUT2D eigenvalue weighted by Crippen LogP contribution is -2.45. The Morgan fingerprint density at radius 3 is 2.58 bits per heavy atom. The van der Waals surface area contributed by atoms with E-state index in [1.54, 1.807) is 0 Å². The van der Waals surface area contributed by atoms with Gasteiger partial charge in [-0.05, 0) is 18.8 Å². The van der Waals surface area contributed by atoms with Gasteiger partial charge >= 0.3 is 0 Å². The summed E-state index contributed by atoms with van der Waals surface area (Å²) < 4.78 is 25.3. The van der Waals surface area contributed by atoms with E-state index < -0.39 is 5.92 Å². The Balaban J connectivity index is 2.27. The van der Waals surface area contributed by atoms with Crippen LogP contribution in [0.25, 0.3) is 0 Å². The summed E-state index contributed by atoms with van der Waals surface area (Å²) in [6.07, 6.45) is 1.68. The summed E-state index contributed by atoms with van der Waals surface area (Å²) in [6, 6.07) is 0.310. The van der Waals surface area contributed by atoms with Crippen LogP contribution in [0.4, 0.5) is 8.78 Å². The zero-order chi connectivity index (χ0) is 9.19. The molecule has 0 radical (unpaired) electrons. The van der Waals surface area contributed by atoms with Gasteiger partial charge < -0.3 is 5.32 Å². The van der Waals surface area contributed by atoms with Crippen LogP contribution in [-0.2, 0) is 0 Å². The number of halogens is 2. The van der Waals surface area contributed by atoms with Crippen LogP contribution in [0.1, 0.15) is 33.1 Å². The fourth-order valence-electron chi connectivity index (χ4n) is 1.64. The molecule has 1 saturated heterocycles. The van der Waals surface area contributed by atoms with Crippen molar-refractivity contribution in [3.05, 3.63) is 0 Å². The second-order valence-corrected chi connectivity index (χ2v) is 4.10. The van der Waals surface area contributed by atoms with E-state index in [0.29, 0.717) is 18.4 Å². The van der Waals surface area contributed by atoms with Gasteiger partial charge in [-0.3, -0.25) is 0 Å². The van der Waals surface area contributed by atoms with Gasteiger partial charge in [-0.2, -0.15) is 0 Å². The number of nitrogens with one attached hydrogen (secondary N) is 1. The summed E-state index contributed by atoms with van der Waals surface area (Å²) in [5, 5.41) is 2.89.